The van der Waals surface area contributed by atoms with Crippen molar-refractivity contribution in [1.82, 2.24) is 20.1 Å². The van der Waals surface area contributed by atoms with Gasteiger partial charge in [0.15, 0.2) is 0 Å². The Kier molecular flexibility index (Phi) is 11.6. The van der Waals surface area contributed by atoms with Crippen molar-refractivity contribution in [3.8, 4) is 11.3 Å². The number of carbonyl (C=O) groups is 3. The number of nitrogens with zero attached hydrogens (tertiary/aromatic N) is 4. The van der Waals surface area contributed by atoms with Crippen LogP contribution in [0.4, 0.5) is 21.9 Å². The fourth-order valence-corrected chi connectivity index (χ4v) is 7.44. The van der Waals surface area contributed by atoms with Crippen LogP contribution in [0.2, 0.25) is 0 Å². The largest absolute Gasteiger partial charge is 0.379 e. The van der Waals surface area contributed by atoms with Gasteiger partial charge in [-0.25, -0.2) is 4.79 Å². The van der Waals surface area contributed by atoms with Gasteiger partial charge in [0.1, 0.15) is 0 Å². The lowest BCUT2D eigenvalue weighted by Crippen LogP contribution is -2.42. The molecule has 1 aromatic heterocycles. The van der Waals surface area contributed by atoms with Crippen molar-refractivity contribution in [3.63, 3.8) is 0 Å². The summed E-state index contributed by atoms with van der Waals surface area (Å²) in [6.45, 7) is 6.43. The summed E-state index contributed by atoms with van der Waals surface area (Å²) in [7, 11) is 1.77. The molecule has 1 aliphatic carbocycles. The fourth-order valence-electron chi connectivity index (χ4n) is 7.44. The Hall–Kier alpha value is -5.26. The van der Waals surface area contributed by atoms with Gasteiger partial charge < -0.3 is 30.5 Å². The van der Waals surface area contributed by atoms with Crippen molar-refractivity contribution in [1.29, 1.82) is 0 Å². The number of amides is 4. The molecular weight excluding hydrogens is 667 g/mol. The molecule has 1 unspecified atom stereocenters. The second-order valence-electron chi connectivity index (χ2n) is 14.2. The predicted octanol–water partition coefficient (Wildman–Crippen LogP) is 6.59. The Morgan fingerprint density at radius 1 is 0.830 bits per heavy atom. The Morgan fingerprint density at radius 2 is 1.64 bits per heavy atom. The number of carbonyl (C=O) groups excluding carboxylic acids is 3. The summed E-state index contributed by atoms with van der Waals surface area (Å²) in [4.78, 5) is 51.4. The van der Waals surface area contributed by atoms with Gasteiger partial charge in [-0.15, -0.1) is 0 Å². The summed E-state index contributed by atoms with van der Waals surface area (Å²) >= 11 is 0. The highest BCUT2D eigenvalue weighted by Gasteiger charge is 2.23. The molecule has 7 rings (SSSR count). The van der Waals surface area contributed by atoms with Crippen LogP contribution in [0.1, 0.15) is 70.0 Å². The van der Waals surface area contributed by atoms with Gasteiger partial charge in [-0.3, -0.25) is 19.5 Å². The van der Waals surface area contributed by atoms with E-state index < -0.39 is 0 Å². The molecule has 3 N–H and O–H groups in total. The minimum atomic E-state index is -0.321. The van der Waals surface area contributed by atoms with Crippen LogP contribution in [0.5, 0.6) is 0 Å². The topological polar surface area (TPSA) is 119 Å². The lowest BCUT2D eigenvalue weighted by Gasteiger charge is -2.29. The number of fused-ring (bicyclic) bond motifs is 1. The molecule has 0 spiro atoms. The molecule has 1 atom stereocenters. The van der Waals surface area contributed by atoms with Crippen molar-refractivity contribution in [2.45, 2.75) is 44.6 Å². The Labute approximate surface area is 311 Å². The van der Waals surface area contributed by atoms with Crippen LogP contribution in [0.3, 0.4) is 0 Å². The van der Waals surface area contributed by atoms with E-state index in [4.69, 9.17) is 9.72 Å². The van der Waals surface area contributed by atoms with Gasteiger partial charge in [0.25, 0.3) is 11.8 Å². The molecule has 3 heterocycles. The first kappa shape index (κ1) is 36.1. The van der Waals surface area contributed by atoms with E-state index in [1.165, 1.54) is 17.5 Å². The number of rotatable bonds is 10. The van der Waals surface area contributed by atoms with Gasteiger partial charge in [0, 0.05) is 80.6 Å². The molecule has 53 heavy (non-hydrogen) atoms. The van der Waals surface area contributed by atoms with Crippen molar-refractivity contribution in [3.05, 3.63) is 107 Å². The SMILES string of the molecule is CN(CCN1CCOCC1)C(=O)Nc1cccc(C(=O)Nc2ccc(N3CCCCC3)cc2-c2cc(C(=O)NC3CCCc4ccccc43)ccn2)c1. The first-order valence-electron chi connectivity index (χ1n) is 18.9. The van der Waals surface area contributed by atoms with E-state index in [0.29, 0.717) is 48.0 Å². The number of likely N-dealkylation sites (N-methyl/N-ethyl adjacent to an activating group) is 1. The third-order valence-corrected chi connectivity index (χ3v) is 10.5. The molecule has 2 aliphatic heterocycles. The highest BCUT2D eigenvalue weighted by atomic mass is 16.5. The molecule has 276 valence electrons. The number of nitrogens with one attached hydrogen (secondary N) is 3. The van der Waals surface area contributed by atoms with Crippen LogP contribution in [-0.4, -0.2) is 92.2 Å². The van der Waals surface area contributed by atoms with Crippen LogP contribution in [0.15, 0.2) is 85.1 Å². The number of anilines is 3. The quantitative estimate of drug-likeness (QED) is 0.170. The molecule has 0 saturated carbocycles. The van der Waals surface area contributed by atoms with Crippen LogP contribution >= 0.6 is 0 Å². The lowest BCUT2D eigenvalue weighted by molar-refractivity contribution is 0.0359. The highest BCUT2D eigenvalue weighted by Crippen LogP contribution is 2.34. The zero-order chi connectivity index (χ0) is 36.6. The van der Waals surface area contributed by atoms with E-state index in [2.05, 4.69) is 50.0 Å². The zero-order valence-corrected chi connectivity index (χ0v) is 30.5. The third-order valence-electron chi connectivity index (χ3n) is 10.5. The number of aromatic nitrogens is 1. The maximum Gasteiger partial charge on any atom is 0.321 e. The van der Waals surface area contributed by atoms with Gasteiger partial charge >= 0.3 is 6.03 Å². The van der Waals surface area contributed by atoms with Crippen LogP contribution < -0.4 is 20.9 Å². The fraction of sp³-hybridized carbons (Fsp3) is 0.381. The number of pyridine rings is 1. The van der Waals surface area contributed by atoms with Gasteiger partial charge in [0.05, 0.1) is 30.6 Å². The monoisotopic (exact) mass is 715 g/mol. The van der Waals surface area contributed by atoms with Crippen molar-refractivity contribution in [2.24, 2.45) is 0 Å². The average Bonchev–Trinajstić information content (AvgIpc) is 3.21. The Morgan fingerprint density at radius 3 is 2.49 bits per heavy atom. The van der Waals surface area contributed by atoms with Gasteiger partial charge in [-0.05, 0) is 98.2 Å². The van der Waals surface area contributed by atoms with Gasteiger partial charge in [-0.1, -0.05) is 30.3 Å². The minimum Gasteiger partial charge on any atom is -0.379 e. The van der Waals surface area contributed by atoms with E-state index in [1.54, 1.807) is 54.5 Å². The summed E-state index contributed by atoms with van der Waals surface area (Å²) in [5.74, 6) is -0.475. The number of ether oxygens (including phenoxy) is 1. The molecule has 3 aliphatic rings. The van der Waals surface area contributed by atoms with E-state index in [-0.39, 0.29) is 23.9 Å². The van der Waals surface area contributed by atoms with Gasteiger partial charge in [0.2, 0.25) is 0 Å². The van der Waals surface area contributed by atoms with E-state index >= 15 is 0 Å². The van der Waals surface area contributed by atoms with Crippen molar-refractivity contribution in [2.75, 3.05) is 75.1 Å². The second-order valence-corrected chi connectivity index (χ2v) is 14.2. The maximum atomic E-state index is 13.8. The molecule has 11 nitrogen and oxygen atoms in total. The molecule has 4 amide bonds. The summed E-state index contributed by atoms with van der Waals surface area (Å²) < 4.78 is 5.42. The Balaban J connectivity index is 1.08. The summed E-state index contributed by atoms with van der Waals surface area (Å²) in [6.07, 6.45) is 8.07. The highest BCUT2D eigenvalue weighted by molar-refractivity contribution is 6.07. The summed E-state index contributed by atoms with van der Waals surface area (Å²) in [6, 6.07) is 24.5. The number of aryl methyl sites for hydroxylation is 1. The van der Waals surface area contributed by atoms with Gasteiger partial charge in [-0.2, -0.15) is 0 Å². The lowest BCUT2D eigenvalue weighted by atomic mass is 9.87. The normalized spacial score (nSPS) is 17.4. The number of benzene rings is 3. The molecule has 0 bridgehead atoms. The molecule has 3 aromatic carbocycles. The summed E-state index contributed by atoms with van der Waals surface area (Å²) in [5, 5.41) is 9.30. The van der Waals surface area contributed by atoms with Crippen LogP contribution in [-0.2, 0) is 11.2 Å². The Bertz CT molecular complexity index is 1920. The first-order valence-corrected chi connectivity index (χ1v) is 18.9. The second kappa shape index (κ2) is 17.0. The standard InChI is InChI=1S/C42H49N7O4/c1-47(21-22-48-23-25-53-26-24-48)42(52)44-33-12-7-11-31(27-33)40(50)46-38-16-15-34(49-19-5-2-6-20-49)29-36(38)39-28-32(17-18-43-39)41(51)45-37-14-8-10-30-9-3-4-13-35(30)37/h3-4,7,9,11-13,15-18,27-29,37H,2,5-6,8,10,14,19-26H2,1H3,(H,44,52)(H,45,51)(H,46,50). The van der Waals surface area contributed by atoms with Crippen LogP contribution in [0.25, 0.3) is 11.3 Å². The molecule has 2 saturated heterocycles. The number of hydrogen-bond donors (Lipinski definition) is 3. The smallest absolute Gasteiger partial charge is 0.321 e. The predicted molar refractivity (Wildman–Crippen MR) is 209 cm³/mol. The van der Waals surface area contributed by atoms with E-state index in [1.807, 2.05) is 18.2 Å². The van der Waals surface area contributed by atoms with Crippen LogP contribution in [0, 0.1) is 0 Å². The first-order chi connectivity index (χ1) is 25.9. The average molecular weight is 716 g/mol. The molecular formula is C42H49N7O4. The third kappa shape index (κ3) is 9.04. The molecule has 4 aromatic rings. The molecule has 2 fully saturated rings. The number of piperidine rings is 1. The van der Waals surface area contributed by atoms with Crippen molar-refractivity contribution >= 4 is 34.9 Å². The number of morpholine rings is 1. The van der Waals surface area contributed by atoms with Crippen molar-refractivity contribution < 1.29 is 19.1 Å². The van der Waals surface area contributed by atoms with E-state index in [9.17, 15) is 14.4 Å². The molecule has 0 radical (unpaired) electrons. The number of hydrogen-bond acceptors (Lipinski definition) is 7. The number of urea groups is 1. The molecule has 11 heteroatoms. The van der Waals surface area contributed by atoms with E-state index in [0.717, 1.165) is 76.1 Å². The zero-order valence-electron chi connectivity index (χ0n) is 30.5. The summed E-state index contributed by atoms with van der Waals surface area (Å²) in [5.41, 5.74) is 6.87. The maximum absolute atomic E-state index is 13.8. The minimum absolute atomic E-state index is 0.0441.